The molecule has 13 heteroatoms. The summed E-state index contributed by atoms with van der Waals surface area (Å²) in [5, 5.41) is 0.353. The Balaban J connectivity index is 2.18. The van der Waals surface area contributed by atoms with Gasteiger partial charge in [-0.25, -0.2) is 0 Å². The van der Waals surface area contributed by atoms with Gasteiger partial charge in [-0.3, -0.25) is 0 Å². The third kappa shape index (κ3) is 7.56. The first-order valence-electron chi connectivity index (χ1n) is 7.27. The topological polar surface area (TPSA) is 72.4 Å². The predicted octanol–water partition coefficient (Wildman–Crippen LogP) is 3.70. The van der Waals surface area contributed by atoms with Gasteiger partial charge in [0, 0.05) is 19.8 Å². The lowest BCUT2D eigenvalue weighted by Crippen LogP contribution is -2.21. The third-order valence-electron chi connectivity index (χ3n) is 2.73. The Morgan fingerprint density at radius 3 is 2.26 bits per heavy atom. The molecule has 2 atom stereocenters. The first-order valence-corrected chi connectivity index (χ1v) is 8.22. The van der Waals surface area contributed by atoms with E-state index in [1.807, 2.05) is 0 Å². The normalized spacial score (nSPS) is 13.6. The lowest BCUT2D eigenvalue weighted by Gasteiger charge is -2.15. The van der Waals surface area contributed by atoms with Crippen LogP contribution in [0.15, 0.2) is 24.3 Å². The Morgan fingerprint density at radius 2 is 1.74 bits per heavy atom. The van der Waals surface area contributed by atoms with Crippen LogP contribution in [0.5, 0.6) is 11.8 Å². The lowest BCUT2D eigenvalue weighted by molar-refractivity contribution is -0.154. The number of anilines is 3. The van der Waals surface area contributed by atoms with Gasteiger partial charge in [0.1, 0.15) is 5.75 Å². The van der Waals surface area contributed by atoms with Crippen LogP contribution in [0.2, 0.25) is 0 Å². The number of nitrogens with one attached hydrogen (secondary N) is 1. The largest absolute Gasteiger partial charge is 0.454 e. The number of halogens is 5. The molecule has 0 saturated heterocycles. The minimum Gasteiger partial charge on any atom is -0.454 e. The standard InChI is InChI=1S/C14H15ClF4N5O2P/c1-24(2)11-21-10(22-12(23-11)25-7-13(16,17)18)20-8-3-5-9(6-4-8)26-14(15,19)27/h3-6H,7,27H2,1-2H3,(H,20,21,22,23). The zero-order chi connectivity index (χ0) is 20.2. The molecular weight excluding hydrogens is 413 g/mol. The molecule has 1 aromatic carbocycles. The van der Waals surface area contributed by atoms with E-state index in [1.54, 1.807) is 23.3 Å². The highest BCUT2D eigenvalue weighted by atomic mass is 35.5. The highest BCUT2D eigenvalue weighted by Crippen LogP contribution is 2.30. The van der Waals surface area contributed by atoms with E-state index in [1.165, 1.54) is 29.2 Å². The molecular formula is C14H15ClF4N5O2P. The van der Waals surface area contributed by atoms with Crippen molar-refractivity contribution >= 4 is 38.4 Å². The number of ether oxygens (including phenoxy) is 2. The van der Waals surface area contributed by atoms with E-state index in [0.29, 0.717) is 5.69 Å². The fourth-order valence-electron chi connectivity index (χ4n) is 1.71. The van der Waals surface area contributed by atoms with E-state index in [-0.39, 0.29) is 17.6 Å². The number of hydrogen-bond donors (Lipinski definition) is 1. The molecule has 0 radical (unpaired) electrons. The van der Waals surface area contributed by atoms with E-state index < -0.39 is 23.8 Å². The summed E-state index contributed by atoms with van der Waals surface area (Å²) < 4.78 is 59.6. The van der Waals surface area contributed by atoms with E-state index in [0.717, 1.165) is 0 Å². The van der Waals surface area contributed by atoms with Crippen molar-refractivity contribution in [1.29, 1.82) is 0 Å². The highest BCUT2D eigenvalue weighted by Gasteiger charge is 2.29. The molecule has 1 N–H and O–H groups in total. The number of alkyl halides is 5. The summed E-state index contributed by atoms with van der Waals surface area (Å²) in [7, 11) is 4.90. The molecule has 27 heavy (non-hydrogen) atoms. The minimum atomic E-state index is -4.53. The van der Waals surface area contributed by atoms with Crippen LogP contribution in [0.25, 0.3) is 0 Å². The van der Waals surface area contributed by atoms with Crippen LogP contribution in [-0.2, 0) is 0 Å². The van der Waals surface area contributed by atoms with Crippen molar-refractivity contribution in [1.82, 2.24) is 15.0 Å². The smallest absolute Gasteiger partial charge is 0.422 e. The number of benzene rings is 1. The second-order valence-corrected chi connectivity index (χ2v) is 6.98. The SMILES string of the molecule is CN(C)c1nc(Nc2ccc(OC(F)(P)Cl)cc2)nc(OCC(F)(F)F)n1. The van der Waals surface area contributed by atoms with Crippen molar-refractivity contribution in [3.05, 3.63) is 24.3 Å². The van der Waals surface area contributed by atoms with Crippen molar-refractivity contribution < 1.29 is 27.0 Å². The Labute approximate surface area is 159 Å². The Hall–Kier alpha value is -2.13. The first kappa shape index (κ1) is 21.2. The van der Waals surface area contributed by atoms with Gasteiger partial charge in [-0.05, 0) is 45.1 Å². The summed E-state index contributed by atoms with van der Waals surface area (Å²) in [6.45, 7) is -1.53. The summed E-state index contributed by atoms with van der Waals surface area (Å²) in [5.41, 5.74) is 0.461. The highest BCUT2D eigenvalue weighted by molar-refractivity contribution is 7.21. The maximum absolute atomic E-state index is 13.2. The molecule has 0 aliphatic rings. The molecule has 0 bridgehead atoms. The second kappa shape index (κ2) is 8.26. The van der Waals surface area contributed by atoms with Crippen LogP contribution < -0.4 is 19.7 Å². The second-order valence-electron chi connectivity index (χ2n) is 5.35. The van der Waals surface area contributed by atoms with Crippen molar-refractivity contribution in [2.75, 3.05) is 30.9 Å². The molecule has 0 fully saturated rings. The van der Waals surface area contributed by atoms with Gasteiger partial charge in [-0.15, -0.1) is 0 Å². The molecule has 0 saturated carbocycles. The molecule has 0 aliphatic heterocycles. The zero-order valence-electron chi connectivity index (χ0n) is 14.1. The van der Waals surface area contributed by atoms with E-state index in [9.17, 15) is 17.6 Å². The van der Waals surface area contributed by atoms with Crippen LogP contribution in [0.1, 0.15) is 0 Å². The van der Waals surface area contributed by atoms with Crippen molar-refractivity contribution in [2.45, 2.75) is 11.2 Å². The average Bonchev–Trinajstić information content (AvgIpc) is 2.52. The van der Waals surface area contributed by atoms with Gasteiger partial charge >= 0.3 is 17.2 Å². The van der Waals surface area contributed by atoms with Crippen molar-refractivity contribution in [3.63, 3.8) is 0 Å². The Morgan fingerprint density at radius 1 is 1.11 bits per heavy atom. The van der Waals surface area contributed by atoms with Crippen LogP contribution in [-0.4, -0.2) is 46.9 Å². The fourth-order valence-corrected chi connectivity index (χ4v) is 1.93. The number of hydrogen-bond acceptors (Lipinski definition) is 7. The molecule has 148 valence electrons. The van der Waals surface area contributed by atoms with E-state index in [2.05, 4.69) is 25.0 Å². The lowest BCUT2D eigenvalue weighted by atomic mass is 10.3. The predicted molar refractivity (Wildman–Crippen MR) is 95.5 cm³/mol. The molecule has 1 aromatic heterocycles. The third-order valence-corrected chi connectivity index (χ3v) is 2.93. The molecule has 0 amide bonds. The number of nitrogens with zero attached hydrogens (tertiary/aromatic N) is 4. The van der Waals surface area contributed by atoms with Crippen molar-refractivity contribution in [3.8, 4) is 11.8 Å². The first-order chi connectivity index (χ1) is 12.4. The summed E-state index contributed by atoms with van der Waals surface area (Å²) in [6.07, 6.45) is -4.53. The molecule has 7 nitrogen and oxygen atoms in total. The maximum atomic E-state index is 13.2. The average molecular weight is 428 g/mol. The molecule has 2 aromatic rings. The Bertz CT molecular complexity index is 772. The molecule has 0 spiro atoms. The quantitative estimate of drug-likeness (QED) is 0.410. The monoisotopic (exact) mass is 427 g/mol. The summed E-state index contributed by atoms with van der Waals surface area (Å²) >= 11 is 5.30. The van der Waals surface area contributed by atoms with Crippen LogP contribution in [0.4, 0.5) is 35.1 Å². The zero-order valence-corrected chi connectivity index (χ0v) is 16.0. The summed E-state index contributed by atoms with van der Waals surface area (Å²) in [4.78, 5) is 13.1. The van der Waals surface area contributed by atoms with Crippen LogP contribution >= 0.6 is 20.8 Å². The van der Waals surface area contributed by atoms with Gasteiger partial charge in [0.25, 0.3) is 0 Å². The molecule has 2 rings (SSSR count). The van der Waals surface area contributed by atoms with E-state index >= 15 is 0 Å². The Kier molecular flexibility index (Phi) is 6.48. The number of rotatable bonds is 7. The van der Waals surface area contributed by atoms with E-state index in [4.69, 9.17) is 16.3 Å². The number of aromatic nitrogens is 3. The molecule has 2 unspecified atom stereocenters. The van der Waals surface area contributed by atoms with Crippen LogP contribution in [0.3, 0.4) is 0 Å². The summed E-state index contributed by atoms with van der Waals surface area (Å²) in [5.74, 6) is 0.214. The maximum Gasteiger partial charge on any atom is 0.422 e. The van der Waals surface area contributed by atoms with Gasteiger partial charge in [0.15, 0.2) is 6.61 Å². The van der Waals surface area contributed by atoms with Gasteiger partial charge in [-0.2, -0.15) is 32.5 Å². The summed E-state index contributed by atoms with van der Waals surface area (Å²) in [6, 6.07) is 5.40. The van der Waals surface area contributed by atoms with Gasteiger partial charge < -0.3 is 19.7 Å². The van der Waals surface area contributed by atoms with Crippen LogP contribution in [0, 0.1) is 0 Å². The van der Waals surface area contributed by atoms with Gasteiger partial charge in [-0.1, -0.05) is 0 Å². The van der Waals surface area contributed by atoms with Gasteiger partial charge in [0.05, 0.1) is 0 Å². The molecule has 0 aliphatic carbocycles. The van der Waals surface area contributed by atoms with Crippen molar-refractivity contribution in [2.24, 2.45) is 0 Å². The molecule has 1 heterocycles. The minimum absolute atomic E-state index is 0.0391. The van der Waals surface area contributed by atoms with Gasteiger partial charge in [0.2, 0.25) is 11.9 Å². The fraction of sp³-hybridized carbons (Fsp3) is 0.357.